The van der Waals surface area contributed by atoms with Crippen molar-refractivity contribution in [3.63, 3.8) is 0 Å². The first kappa shape index (κ1) is 15.6. The molecule has 2 heteroatoms. The van der Waals surface area contributed by atoms with Crippen molar-refractivity contribution in [2.45, 2.75) is 32.7 Å². The highest BCUT2D eigenvalue weighted by Gasteiger charge is 2.01. The maximum absolute atomic E-state index is 5.80. The van der Waals surface area contributed by atoms with Gasteiger partial charge in [0.2, 0.25) is 0 Å². The monoisotopic (exact) mass is 283 g/mol. The lowest BCUT2D eigenvalue weighted by molar-refractivity contribution is 0.298. The summed E-state index contributed by atoms with van der Waals surface area (Å²) in [7, 11) is 0. The molecule has 0 heterocycles. The summed E-state index contributed by atoms with van der Waals surface area (Å²) in [5.41, 5.74) is 2.47. The van der Waals surface area contributed by atoms with E-state index in [0.717, 1.165) is 31.7 Å². The average molecular weight is 283 g/mol. The van der Waals surface area contributed by atoms with Crippen LogP contribution in [0, 0.1) is 0 Å². The van der Waals surface area contributed by atoms with E-state index < -0.39 is 0 Å². The Morgan fingerprint density at radius 2 is 1.62 bits per heavy atom. The molecule has 0 aliphatic carbocycles. The molecule has 0 saturated carbocycles. The predicted molar refractivity (Wildman–Crippen MR) is 89.7 cm³/mol. The van der Waals surface area contributed by atoms with Crippen LogP contribution in [0.5, 0.6) is 5.75 Å². The van der Waals surface area contributed by atoms with E-state index in [-0.39, 0.29) is 0 Å². The number of hydrogen-bond donors (Lipinski definition) is 1. The smallest absolute Gasteiger partial charge is 0.119 e. The molecule has 0 bridgehead atoms. The Balaban J connectivity index is 1.78. The van der Waals surface area contributed by atoms with Crippen LogP contribution in [0.4, 0.5) is 0 Å². The third kappa shape index (κ3) is 5.24. The van der Waals surface area contributed by atoms with Gasteiger partial charge in [-0.1, -0.05) is 49.4 Å². The summed E-state index contributed by atoms with van der Waals surface area (Å²) in [6, 6.07) is 19.3. The van der Waals surface area contributed by atoms with Crippen molar-refractivity contribution in [3.05, 3.63) is 54.6 Å². The lowest BCUT2D eigenvalue weighted by Gasteiger charge is -2.12. The van der Waals surface area contributed by atoms with E-state index in [1.54, 1.807) is 0 Å². The van der Waals surface area contributed by atoms with Gasteiger partial charge in [-0.15, -0.1) is 0 Å². The zero-order chi connectivity index (χ0) is 14.9. The molecule has 2 rings (SSSR count). The van der Waals surface area contributed by atoms with Crippen LogP contribution in [0.1, 0.15) is 26.7 Å². The molecule has 0 aliphatic heterocycles. The molecular weight excluding hydrogens is 258 g/mol. The van der Waals surface area contributed by atoms with Crippen molar-refractivity contribution in [1.82, 2.24) is 5.32 Å². The highest BCUT2D eigenvalue weighted by atomic mass is 16.5. The Kier molecular flexibility index (Phi) is 6.29. The number of nitrogens with one attached hydrogen (secondary N) is 1. The van der Waals surface area contributed by atoms with Gasteiger partial charge in [-0.3, -0.25) is 0 Å². The quantitative estimate of drug-likeness (QED) is 0.720. The van der Waals surface area contributed by atoms with Crippen molar-refractivity contribution in [1.29, 1.82) is 0 Å². The molecule has 21 heavy (non-hydrogen) atoms. The molecule has 0 aliphatic rings. The molecule has 0 amide bonds. The minimum atomic E-state index is 0.569. The molecule has 0 radical (unpaired) electrons. The Bertz CT molecular complexity index is 507. The van der Waals surface area contributed by atoms with Gasteiger partial charge < -0.3 is 10.1 Å². The maximum Gasteiger partial charge on any atom is 0.119 e. The topological polar surface area (TPSA) is 21.3 Å². The Morgan fingerprint density at radius 1 is 0.952 bits per heavy atom. The fourth-order valence-corrected chi connectivity index (χ4v) is 2.40. The first-order valence-corrected chi connectivity index (χ1v) is 7.81. The minimum Gasteiger partial charge on any atom is -0.494 e. The van der Waals surface area contributed by atoms with Gasteiger partial charge in [-0.05, 0) is 49.6 Å². The van der Waals surface area contributed by atoms with Gasteiger partial charge in [-0.25, -0.2) is 0 Å². The molecule has 2 aromatic rings. The molecule has 1 N–H and O–H groups in total. The van der Waals surface area contributed by atoms with Crippen LogP contribution in [-0.4, -0.2) is 19.2 Å². The second-order valence-corrected chi connectivity index (χ2v) is 5.34. The third-order valence-corrected chi connectivity index (χ3v) is 3.56. The lowest BCUT2D eigenvalue weighted by Crippen LogP contribution is -2.25. The molecule has 0 fully saturated rings. The van der Waals surface area contributed by atoms with Gasteiger partial charge in [0.15, 0.2) is 0 Å². The van der Waals surface area contributed by atoms with E-state index in [1.165, 1.54) is 11.1 Å². The van der Waals surface area contributed by atoms with E-state index in [9.17, 15) is 0 Å². The van der Waals surface area contributed by atoms with Gasteiger partial charge in [-0.2, -0.15) is 0 Å². The summed E-state index contributed by atoms with van der Waals surface area (Å²) >= 11 is 0. The van der Waals surface area contributed by atoms with Crippen molar-refractivity contribution in [2.24, 2.45) is 0 Å². The number of hydrogen-bond acceptors (Lipinski definition) is 2. The maximum atomic E-state index is 5.80. The third-order valence-electron chi connectivity index (χ3n) is 3.56. The fourth-order valence-electron chi connectivity index (χ4n) is 2.40. The van der Waals surface area contributed by atoms with E-state index in [0.29, 0.717) is 6.04 Å². The number of benzene rings is 2. The summed E-state index contributed by atoms with van der Waals surface area (Å²) in [6.07, 6.45) is 2.23. The molecular formula is C19H25NO. The zero-order valence-corrected chi connectivity index (χ0v) is 13.0. The van der Waals surface area contributed by atoms with Gasteiger partial charge in [0.25, 0.3) is 0 Å². The molecule has 0 spiro atoms. The number of rotatable bonds is 8. The van der Waals surface area contributed by atoms with E-state index in [2.05, 4.69) is 67.7 Å². The molecule has 0 saturated heterocycles. The van der Waals surface area contributed by atoms with Crippen LogP contribution in [0.15, 0.2) is 54.6 Å². The standard InChI is InChI=1S/C19H25NO/c1-3-20-16(2)8-7-15-21-19-13-11-18(12-14-19)17-9-5-4-6-10-17/h4-6,9-14,16,20H,3,7-8,15H2,1-2H3. The fraction of sp³-hybridized carbons (Fsp3) is 0.368. The predicted octanol–water partition coefficient (Wildman–Crippen LogP) is 4.51. The molecule has 2 aromatic carbocycles. The van der Waals surface area contributed by atoms with E-state index in [4.69, 9.17) is 4.74 Å². The normalized spacial score (nSPS) is 12.1. The van der Waals surface area contributed by atoms with Crippen LogP contribution < -0.4 is 10.1 Å². The van der Waals surface area contributed by atoms with Crippen molar-refractivity contribution in [2.75, 3.05) is 13.2 Å². The van der Waals surface area contributed by atoms with Crippen LogP contribution in [-0.2, 0) is 0 Å². The van der Waals surface area contributed by atoms with E-state index >= 15 is 0 Å². The summed E-state index contributed by atoms with van der Waals surface area (Å²) in [5.74, 6) is 0.950. The number of ether oxygens (including phenoxy) is 1. The SMILES string of the molecule is CCNC(C)CCCOc1ccc(-c2ccccc2)cc1. The molecule has 2 nitrogen and oxygen atoms in total. The van der Waals surface area contributed by atoms with Gasteiger partial charge in [0.1, 0.15) is 5.75 Å². The highest BCUT2D eigenvalue weighted by molar-refractivity contribution is 5.63. The average Bonchev–Trinajstić information content (AvgIpc) is 2.53. The van der Waals surface area contributed by atoms with Gasteiger partial charge in [0.05, 0.1) is 6.61 Å². The summed E-state index contributed by atoms with van der Waals surface area (Å²) < 4.78 is 5.80. The molecule has 112 valence electrons. The Hall–Kier alpha value is -1.80. The van der Waals surface area contributed by atoms with Crippen LogP contribution >= 0.6 is 0 Å². The lowest BCUT2D eigenvalue weighted by atomic mass is 10.1. The van der Waals surface area contributed by atoms with Crippen LogP contribution in [0.25, 0.3) is 11.1 Å². The largest absolute Gasteiger partial charge is 0.494 e. The molecule has 0 aromatic heterocycles. The Labute approximate surface area is 128 Å². The second kappa shape index (κ2) is 8.48. The Morgan fingerprint density at radius 3 is 2.29 bits per heavy atom. The summed E-state index contributed by atoms with van der Waals surface area (Å²) in [5, 5.41) is 3.41. The van der Waals surface area contributed by atoms with Crippen LogP contribution in [0.3, 0.4) is 0 Å². The van der Waals surface area contributed by atoms with E-state index in [1.807, 2.05) is 6.07 Å². The first-order chi connectivity index (χ1) is 10.3. The first-order valence-electron chi connectivity index (χ1n) is 7.81. The van der Waals surface area contributed by atoms with Gasteiger partial charge in [0, 0.05) is 6.04 Å². The van der Waals surface area contributed by atoms with Crippen molar-refractivity contribution < 1.29 is 4.74 Å². The molecule has 1 atom stereocenters. The molecule has 1 unspecified atom stereocenters. The van der Waals surface area contributed by atoms with Gasteiger partial charge >= 0.3 is 0 Å². The van der Waals surface area contributed by atoms with Crippen LogP contribution in [0.2, 0.25) is 0 Å². The zero-order valence-electron chi connectivity index (χ0n) is 13.0. The van der Waals surface area contributed by atoms with Crippen molar-refractivity contribution >= 4 is 0 Å². The van der Waals surface area contributed by atoms with Crippen molar-refractivity contribution in [3.8, 4) is 16.9 Å². The second-order valence-electron chi connectivity index (χ2n) is 5.34. The highest BCUT2D eigenvalue weighted by Crippen LogP contribution is 2.22. The summed E-state index contributed by atoms with van der Waals surface area (Å²) in [4.78, 5) is 0. The summed E-state index contributed by atoms with van der Waals surface area (Å²) in [6.45, 7) is 6.17. The minimum absolute atomic E-state index is 0.569.